The van der Waals surface area contributed by atoms with E-state index in [1.54, 1.807) is 0 Å². The van der Waals surface area contributed by atoms with Crippen LogP contribution >= 0.6 is 0 Å². The molecular formula is C18H19NO. The van der Waals surface area contributed by atoms with Crippen molar-refractivity contribution in [3.63, 3.8) is 0 Å². The summed E-state index contributed by atoms with van der Waals surface area (Å²) in [7, 11) is 0. The van der Waals surface area contributed by atoms with E-state index in [0.717, 1.165) is 12.1 Å². The van der Waals surface area contributed by atoms with E-state index in [1.807, 2.05) is 41.3 Å². The average Bonchev–Trinajstić information content (AvgIpc) is 2.85. The fourth-order valence-electron chi connectivity index (χ4n) is 3.22. The Morgan fingerprint density at radius 3 is 2.20 bits per heavy atom. The number of para-hydroxylation sites is 1. The van der Waals surface area contributed by atoms with E-state index in [0.29, 0.717) is 12.3 Å². The fraction of sp³-hybridized carbons (Fsp3) is 0.278. The van der Waals surface area contributed by atoms with Gasteiger partial charge in [-0.2, -0.15) is 0 Å². The monoisotopic (exact) mass is 265 g/mol. The first-order chi connectivity index (χ1) is 9.81. The van der Waals surface area contributed by atoms with Crippen LogP contribution < -0.4 is 4.90 Å². The van der Waals surface area contributed by atoms with Crippen LogP contribution in [0.3, 0.4) is 0 Å². The molecule has 1 saturated heterocycles. The summed E-state index contributed by atoms with van der Waals surface area (Å²) in [5.41, 5.74) is 2.29. The molecule has 20 heavy (non-hydrogen) atoms. The molecule has 2 atom stereocenters. The van der Waals surface area contributed by atoms with Crippen LogP contribution in [-0.2, 0) is 4.79 Å². The van der Waals surface area contributed by atoms with E-state index in [4.69, 9.17) is 0 Å². The number of nitrogens with zero attached hydrogens (tertiary/aromatic N) is 1. The molecule has 0 spiro atoms. The summed E-state index contributed by atoms with van der Waals surface area (Å²) in [5, 5.41) is 0. The molecule has 0 bridgehead atoms. The molecule has 0 aromatic heterocycles. The van der Waals surface area contributed by atoms with Crippen molar-refractivity contribution in [2.24, 2.45) is 0 Å². The number of amides is 1. The molecule has 3 rings (SSSR count). The molecular weight excluding hydrogens is 246 g/mol. The topological polar surface area (TPSA) is 20.3 Å². The van der Waals surface area contributed by atoms with Crippen molar-refractivity contribution in [3.05, 3.63) is 66.2 Å². The minimum absolute atomic E-state index is 0.233. The summed E-state index contributed by atoms with van der Waals surface area (Å²) in [6.07, 6.45) is 1.58. The molecule has 2 unspecified atom stereocenters. The second-order valence-electron chi connectivity index (χ2n) is 5.30. The summed E-state index contributed by atoms with van der Waals surface area (Å²) >= 11 is 0. The van der Waals surface area contributed by atoms with Gasteiger partial charge in [0, 0.05) is 24.1 Å². The molecule has 0 radical (unpaired) electrons. The smallest absolute Gasteiger partial charge is 0.227 e. The van der Waals surface area contributed by atoms with Crippen molar-refractivity contribution in [2.75, 3.05) is 4.90 Å². The predicted molar refractivity (Wildman–Crippen MR) is 81.8 cm³/mol. The van der Waals surface area contributed by atoms with Crippen LogP contribution in [0.4, 0.5) is 5.69 Å². The Kier molecular flexibility index (Phi) is 3.55. The van der Waals surface area contributed by atoms with Crippen LogP contribution in [0.15, 0.2) is 60.7 Å². The number of hydrogen-bond donors (Lipinski definition) is 0. The first kappa shape index (κ1) is 12.9. The Labute approximate surface area is 120 Å². The van der Waals surface area contributed by atoms with E-state index >= 15 is 0 Å². The Bertz CT molecular complexity index is 579. The SMILES string of the molecule is CCC1C(c2ccccc2)CC(=O)N1c1ccccc1. The molecule has 102 valence electrons. The van der Waals surface area contributed by atoms with Crippen molar-refractivity contribution in [1.82, 2.24) is 0 Å². The number of anilines is 1. The van der Waals surface area contributed by atoms with Crippen LogP contribution in [-0.4, -0.2) is 11.9 Å². The van der Waals surface area contributed by atoms with Crippen LogP contribution in [0.2, 0.25) is 0 Å². The van der Waals surface area contributed by atoms with Gasteiger partial charge in [0.05, 0.1) is 0 Å². The number of carbonyl (C=O) groups excluding carboxylic acids is 1. The van der Waals surface area contributed by atoms with Gasteiger partial charge in [-0.3, -0.25) is 4.79 Å². The van der Waals surface area contributed by atoms with Crippen molar-refractivity contribution in [1.29, 1.82) is 0 Å². The van der Waals surface area contributed by atoms with Gasteiger partial charge in [0.1, 0.15) is 0 Å². The fourth-order valence-corrected chi connectivity index (χ4v) is 3.22. The summed E-state index contributed by atoms with van der Waals surface area (Å²) in [6, 6.07) is 20.7. The van der Waals surface area contributed by atoms with Crippen LogP contribution in [0.25, 0.3) is 0 Å². The van der Waals surface area contributed by atoms with Gasteiger partial charge in [0.2, 0.25) is 5.91 Å². The number of hydrogen-bond acceptors (Lipinski definition) is 1. The van der Waals surface area contributed by atoms with E-state index in [1.165, 1.54) is 5.56 Å². The van der Waals surface area contributed by atoms with Gasteiger partial charge in [0.25, 0.3) is 0 Å². The van der Waals surface area contributed by atoms with Crippen LogP contribution in [0.1, 0.15) is 31.2 Å². The van der Waals surface area contributed by atoms with Crippen molar-refractivity contribution in [3.8, 4) is 0 Å². The minimum atomic E-state index is 0.233. The van der Waals surface area contributed by atoms with Crippen molar-refractivity contribution >= 4 is 11.6 Å². The van der Waals surface area contributed by atoms with E-state index in [-0.39, 0.29) is 11.9 Å². The normalized spacial score (nSPS) is 22.2. The molecule has 2 nitrogen and oxygen atoms in total. The number of rotatable bonds is 3. The lowest BCUT2D eigenvalue weighted by Crippen LogP contribution is -2.34. The zero-order chi connectivity index (χ0) is 13.9. The first-order valence-electron chi connectivity index (χ1n) is 7.23. The van der Waals surface area contributed by atoms with E-state index in [2.05, 4.69) is 31.2 Å². The molecule has 2 aromatic rings. The van der Waals surface area contributed by atoms with E-state index in [9.17, 15) is 4.79 Å². The van der Waals surface area contributed by atoms with Gasteiger partial charge in [-0.05, 0) is 24.1 Å². The highest BCUT2D eigenvalue weighted by atomic mass is 16.2. The van der Waals surface area contributed by atoms with Crippen molar-refractivity contribution in [2.45, 2.75) is 31.7 Å². The number of carbonyl (C=O) groups is 1. The third kappa shape index (κ3) is 2.22. The van der Waals surface area contributed by atoms with Crippen LogP contribution in [0.5, 0.6) is 0 Å². The maximum Gasteiger partial charge on any atom is 0.227 e. The second-order valence-corrected chi connectivity index (χ2v) is 5.30. The van der Waals surface area contributed by atoms with E-state index < -0.39 is 0 Å². The summed E-state index contributed by atoms with van der Waals surface area (Å²) in [4.78, 5) is 14.4. The predicted octanol–water partition coefficient (Wildman–Crippen LogP) is 3.99. The molecule has 0 aliphatic carbocycles. The molecule has 1 fully saturated rings. The largest absolute Gasteiger partial charge is 0.309 e. The summed E-state index contributed by atoms with van der Waals surface area (Å²) < 4.78 is 0. The summed E-state index contributed by atoms with van der Waals surface area (Å²) in [6.45, 7) is 2.16. The van der Waals surface area contributed by atoms with Gasteiger partial charge in [-0.25, -0.2) is 0 Å². The molecule has 2 heteroatoms. The molecule has 2 aromatic carbocycles. The van der Waals surface area contributed by atoms with Gasteiger partial charge in [-0.1, -0.05) is 55.5 Å². The minimum Gasteiger partial charge on any atom is -0.309 e. The third-order valence-electron chi connectivity index (χ3n) is 4.14. The molecule has 0 N–H and O–H groups in total. The van der Waals surface area contributed by atoms with Crippen molar-refractivity contribution < 1.29 is 4.79 Å². The average molecular weight is 265 g/mol. The lowest BCUT2D eigenvalue weighted by Gasteiger charge is -2.27. The van der Waals surface area contributed by atoms with Gasteiger partial charge < -0.3 is 4.90 Å². The number of benzene rings is 2. The molecule has 1 heterocycles. The molecule has 1 amide bonds. The second kappa shape index (κ2) is 5.49. The van der Waals surface area contributed by atoms with Gasteiger partial charge in [0.15, 0.2) is 0 Å². The zero-order valence-electron chi connectivity index (χ0n) is 11.7. The molecule has 1 aliphatic heterocycles. The maximum atomic E-state index is 12.5. The molecule has 0 saturated carbocycles. The Morgan fingerprint density at radius 2 is 1.60 bits per heavy atom. The lowest BCUT2D eigenvalue weighted by atomic mass is 9.90. The zero-order valence-corrected chi connectivity index (χ0v) is 11.7. The quantitative estimate of drug-likeness (QED) is 0.822. The first-order valence-corrected chi connectivity index (χ1v) is 7.23. The highest BCUT2D eigenvalue weighted by molar-refractivity contribution is 5.97. The third-order valence-corrected chi connectivity index (χ3v) is 4.14. The highest BCUT2D eigenvalue weighted by Crippen LogP contribution is 2.38. The Hall–Kier alpha value is -2.09. The Morgan fingerprint density at radius 1 is 1.00 bits per heavy atom. The van der Waals surface area contributed by atoms with Gasteiger partial charge in [-0.15, -0.1) is 0 Å². The standard InChI is InChI=1S/C18H19NO/c1-2-17-16(14-9-5-3-6-10-14)13-18(20)19(17)15-11-7-4-8-12-15/h3-12,16-17H,2,13H2,1H3. The molecule has 1 aliphatic rings. The Balaban J connectivity index is 1.96. The van der Waals surface area contributed by atoms with Gasteiger partial charge >= 0.3 is 0 Å². The summed E-state index contributed by atoms with van der Waals surface area (Å²) in [5.74, 6) is 0.533. The van der Waals surface area contributed by atoms with Crippen LogP contribution in [0, 0.1) is 0 Å². The lowest BCUT2D eigenvalue weighted by molar-refractivity contribution is -0.117. The highest BCUT2D eigenvalue weighted by Gasteiger charge is 2.39. The maximum absolute atomic E-state index is 12.5.